The van der Waals surface area contributed by atoms with Crippen LogP contribution in [0.15, 0.2) is 0 Å². The zero-order valence-corrected chi connectivity index (χ0v) is 9.38. The molecule has 18 heavy (non-hydrogen) atoms. The lowest BCUT2D eigenvalue weighted by Crippen LogP contribution is -2.72. The number of carbonyl (C=O) groups excluding carboxylic acids is 2. The van der Waals surface area contributed by atoms with E-state index in [1.54, 1.807) is 0 Å². The molecule has 0 spiro atoms. The summed E-state index contributed by atoms with van der Waals surface area (Å²) < 4.78 is 0. The van der Waals surface area contributed by atoms with Gasteiger partial charge in [-0.15, -0.1) is 0 Å². The molecule has 0 aromatic rings. The van der Waals surface area contributed by atoms with Crippen LogP contribution in [0.25, 0.3) is 0 Å². The van der Waals surface area contributed by atoms with Gasteiger partial charge in [0.25, 0.3) is 0 Å². The molecule has 0 saturated carbocycles. The van der Waals surface area contributed by atoms with Crippen LogP contribution in [0.2, 0.25) is 0 Å². The van der Waals surface area contributed by atoms with Gasteiger partial charge in [0, 0.05) is 0 Å². The number of amides is 2. The van der Waals surface area contributed by atoms with Crippen LogP contribution in [-0.2, 0) is 9.59 Å². The van der Waals surface area contributed by atoms with Crippen molar-refractivity contribution < 1.29 is 30.0 Å². The Hall–Kier alpha value is -1.30. The summed E-state index contributed by atoms with van der Waals surface area (Å²) in [6.45, 7) is -1.09. The molecule has 104 valence electrons. The van der Waals surface area contributed by atoms with Gasteiger partial charge in [0.2, 0.25) is 11.8 Å². The van der Waals surface area contributed by atoms with Crippen LogP contribution in [0.4, 0.5) is 0 Å². The number of hydrogen-bond acceptors (Lipinski definition) is 8. The SMILES string of the molecule is NCC(=O)N1C(O)C(O)N(C(=O)CN)C(O)C1O. The van der Waals surface area contributed by atoms with Gasteiger partial charge in [-0.25, -0.2) is 0 Å². The van der Waals surface area contributed by atoms with Crippen LogP contribution < -0.4 is 11.5 Å². The summed E-state index contributed by atoms with van der Waals surface area (Å²) in [5.74, 6) is -1.79. The smallest absolute Gasteiger partial charge is 0.240 e. The van der Waals surface area contributed by atoms with Gasteiger partial charge in [-0.3, -0.25) is 19.4 Å². The van der Waals surface area contributed by atoms with E-state index in [4.69, 9.17) is 11.5 Å². The Morgan fingerprint density at radius 1 is 0.778 bits per heavy atom. The van der Waals surface area contributed by atoms with Gasteiger partial charge in [-0.1, -0.05) is 0 Å². The quantitative estimate of drug-likeness (QED) is 0.287. The molecular weight excluding hydrogens is 248 g/mol. The molecule has 0 bridgehead atoms. The summed E-state index contributed by atoms with van der Waals surface area (Å²) in [5.41, 5.74) is 10.1. The van der Waals surface area contributed by atoms with Gasteiger partial charge in [0.1, 0.15) is 0 Å². The van der Waals surface area contributed by atoms with Crippen molar-refractivity contribution in [1.82, 2.24) is 9.80 Å². The van der Waals surface area contributed by atoms with E-state index in [0.717, 1.165) is 0 Å². The molecule has 1 aliphatic rings. The number of piperazine rings is 1. The molecule has 0 radical (unpaired) electrons. The molecular formula is C8H16N4O6. The van der Waals surface area contributed by atoms with E-state index >= 15 is 0 Å². The molecule has 10 heteroatoms. The molecule has 1 heterocycles. The Morgan fingerprint density at radius 3 is 1.17 bits per heavy atom. The number of hydrogen-bond donors (Lipinski definition) is 6. The lowest BCUT2D eigenvalue weighted by molar-refractivity contribution is -0.281. The minimum absolute atomic E-state index is 0.398. The maximum atomic E-state index is 11.4. The summed E-state index contributed by atoms with van der Waals surface area (Å²) in [4.78, 5) is 23.5. The van der Waals surface area contributed by atoms with Crippen LogP contribution in [0.1, 0.15) is 0 Å². The van der Waals surface area contributed by atoms with Gasteiger partial charge in [0.05, 0.1) is 13.1 Å². The van der Waals surface area contributed by atoms with Crippen molar-refractivity contribution >= 4 is 11.8 Å². The monoisotopic (exact) mass is 264 g/mol. The van der Waals surface area contributed by atoms with E-state index in [9.17, 15) is 30.0 Å². The Labute approximate surface area is 102 Å². The third-order valence-electron chi connectivity index (χ3n) is 2.60. The van der Waals surface area contributed by atoms with Crippen molar-refractivity contribution in [2.24, 2.45) is 11.5 Å². The maximum Gasteiger partial charge on any atom is 0.240 e. The third kappa shape index (κ3) is 2.29. The number of carbonyl (C=O) groups is 2. The third-order valence-corrected chi connectivity index (χ3v) is 2.60. The maximum absolute atomic E-state index is 11.4. The predicted octanol–water partition coefficient (Wildman–Crippen LogP) is -5.15. The highest BCUT2D eigenvalue weighted by Crippen LogP contribution is 2.22. The Kier molecular flexibility index (Phi) is 4.56. The normalized spacial score (nSPS) is 32.6. The summed E-state index contributed by atoms with van der Waals surface area (Å²) in [6, 6.07) is 0. The number of nitrogens with two attached hydrogens (primary N) is 2. The van der Waals surface area contributed by atoms with E-state index in [1.807, 2.05) is 0 Å². The molecule has 8 N–H and O–H groups in total. The second kappa shape index (κ2) is 5.56. The molecule has 1 fully saturated rings. The topological polar surface area (TPSA) is 174 Å². The fraction of sp³-hybridized carbons (Fsp3) is 0.750. The van der Waals surface area contributed by atoms with Crippen LogP contribution >= 0.6 is 0 Å². The zero-order chi connectivity index (χ0) is 14.0. The molecule has 10 nitrogen and oxygen atoms in total. The van der Waals surface area contributed by atoms with E-state index in [1.165, 1.54) is 0 Å². The van der Waals surface area contributed by atoms with E-state index in [0.29, 0.717) is 9.80 Å². The number of aliphatic hydroxyl groups excluding tert-OH is 4. The van der Waals surface area contributed by atoms with Crippen molar-refractivity contribution in [2.75, 3.05) is 13.1 Å². The van der Waals surface area contributed by atoms with Crippen LogP contribution in [0.5, 0.6) is 0 Å². The zero-order valence-electron chi connectivity index (χ0n) is 9.38. The fourth-order valence-corrected chi connectivity index (χ4v) is 1.69. The molecule has 1 saturated heterocycles. The summed E-state index contributed by atoms with van der Waals surface area (Å²) >= 11 is 0. The molecule has 0 aliphatic carbocycles. The number of nitrogens with zero attached hydrogens (tertiary/aromatic N) is 2. The van der Waals surface area contributed by atoms with Gasteiger partial charge in [-0.2, -0.15) is 0 Å². The first-order valence-corrected chi connectivity index (χ1v) is 5.11. The predicted molar refractivity (Wildman–Crippen MR) is 55.8 cm³/mol. The van der Waals surface area contributed by atoms with Gasteiger partial charge in [-0.05, 0) is 0 Å². The molecule has 0 aromatic heterocycles. The van der Waals surface area contributed by atoms with Crippen molar-refractivity contribution in [2.45, 2.75) is 24.9 Å². The van der Waals surface area contributed by atoms with Crippen LogP contribution in [0.3, 0.4) is 0 Å². The average molecular weight is 264 g/mol. The first kappa shape index (κ1) is 14.8. The fourth-order valence-electron chi connectivity index (χ4n) is 1.69. The summed E-state index contributed by atoms with van der Waals surface area (Å²) in [5, 5.41) is 38.5. The Morgan fingerprint density at radius 2 is 1.00 bits per heavy atom. The van der Waals surface area contributed by atoms with Crippen molar-refractivity contribution in [3.8, 4) is 0 Å². The molecule has 4 unspecified atom stereocenters. The number of rotatable bonds is 2. The van der Waals surface area contributed by atoms with Gasteiger partial charge >= 0.3 is 0 Å². The minimum Gasteiger partial charge on any atom is -0.369 e. The molecule has 1 aliphatic heterocycles. The molecule has 0 aromatic carbocycles. The van der Waals surface area contributed by atoms with E-state index in [-0.39, 0.29) is 0 Å². The number of aliphatic hydroxyl groups is 4. The Balaban J connectivity index is 3.02. The van der Waals surface area contributed by atoms with E-state index in [2.05, 4.69) is 0 Å². The van der Waals surface area contributed by atoms with Crippen LogP contribution in [-0.4, -0.2) is 80.0 Å². The molecule has 4 atom stereocenters. The van der Waals surface area contributed by atoms with Crippen LogP contribution in [0, 0.1) is 0 Å². The van der Waals surface area contributed by atoms with Crippen molar-refractivity contribution in [3.63, 3.8) is 0 Å². The first-order chi connectivity index (χ1) is 8.36. The van der Waals surface area contributed by atoms with Crippen molar-refractivity contribution in [3.05, 3.63) is 0 Å². The second-order valence-electron chi connectivity index (χ2n) is 3.66. The van der Waals surface area contributed by atoms with E-state index < -0.39 is 49.8 Å². The summed E-state index contributed by atoms with van der Waals surface area (Å²) in [7, 11) is 0. The highest BCUT2D eigenvalue weighted by Gasteiger charge is 2.48. The first-order valence-electron chi connectivity index (χ1n) is 5.11. The highest BCUT2D eigenvalue weighted by atomic mass is 16.4. The second-order valence-corrected chi connectivity index (χ2v) is 3.66. The van der Waals surface area contributed by atoms with Gasteiger partial charge < -0.3 is 31.9 Å². The average Bonchev–Trinajstić information content (AvgIpc) is 2.36. The lowest BCUT2D eigenvalue weighted by Gasteiger charge is -2.47. The standard InChI is InChI=1S/C8H16N4O6/c9-1-3(13)11-5(15)7(17)12(4(14)2-10)8(18)6(11)16/h5-8,15-18H,1-2,9-10H2. The molecule has 2 amide bonds. The Bertz CT molecular complexity index is 292. The van der Waals surface area contributed by atoms with Crippen molar-refractivity contribution in [1.29, 1.82) is 0 Å². The minimum atomic E-state index is -1.91. The lowest BCUT2D eigenvalue weighted by atomic mass is 10.2. The largest absolute Gasteiger partial charge is 0.369 e. The summed E-state index contributed by atoms with van der Waals surface area (Å²) in [6.07, 6.45) is -7.63. The molecule has 1 rings (SSSR count). The highest BCUT2D eigenvalue weighted by molar-refractivity contribution is 5.81. The van der Waals surface area contributed by atoms with Gasteiger partial charge in [0.15, 0.2) is 24.9 Å².